The predicted octanol–water partition coefficient (Wildman–Crippen LogP) is 1.57. The lowest BCUT2D eigenvalue weighted by molar-refractivity contribution is 0.577. The molecule has 4 nitrogen and oxygen atoms in total. The van der Waals surface area contributed by atoms with Crippen molar-refractivity contribution in [1.29, 1.82) is 0 Å². The average molecular weight is 254 g/mol. The first-order chi connectivity index (χ1) is 7.92. The Labute approximate surface area is 102 Å². The minimum atomic E-state index is -3.47. The van der Waals surface area contributed by atoms with Crippen LogP contribution in [0.4, 0.5) is 5.69 Å². The summed E-state index contributed by atoms with van der Waals surface area (Å²) in [5.74, 6) is 0.510. The van der Waals surface area contributed by atoms with Gasteiger partial charge in [-0.25, -0.2) is 13.1 Å². The van der Waals surface area contributed by atoms with Crippen molar-refractivity contribution in [1.82, 2.24) is 4.72 Å². The van der Waals surface area contributed by atoms with Crippen LogP contribution in [-0.4, -0.2) is 15.0 Å². The van der Waals surface area contributed by atoms with Gasteiger partial charge < -0.3 is 5.73 Å². The van der Waals surface area contributed by atoms with Crippen LogP contribution < -0.4 is 10.5 Å². The third-order valence-corrected chi connectivity index (χ3v) is 4.86. The largest absolute Gasteiger partial charge is 0.398 e. The lowest BCUT2D eigenvalue weighted by Gasteiger charge is -2.13. The van der Waals surface area contributed by atoms with E-state index >= 15 is 0 Å². The van der Waals surface area contributed by atoms with E-state index < -0.39 is 10.0 Å². The van der Waals surface area contributed by atoms with Gasteiger partial charge >= 0.3 is 0 Å². The van der Waals surface area contributed by atoms with Gasteiger partial charge in [0.1, 0.15) is 4.90 Å². The number of sulfonamides is 1. The van der Waals surface area contributed by atoms with Crippen molar-refractivity contribution in [2.24, 2.45) is 5.92 Å². The lowest BCUT2D eigenvalue weighted by Crippen LogP contribution is -2.27. The molecule has 1 aliphatic rings. The van der Waals surface area contributed by atoms with Crippen LogP contribution in [0.2, 0.25) is 0 Å². The molecule has 0 saturated heterocycles. The minimum absolute atomic E-state index is 0.234. The molecule has 0 aromatic heterocycles. The third-order valence-electron chi connectivity index (χ3n) is 3.23. The Hall–Kier alpha value is -1.07. The Kier molecular flexibility index (Phi) is 3.14. The van der Waals surface area contributed by atoms with Gasteiger partial charge in [0.2, 0.25) is 10.0 Å². The summed E-state index contributed by atoms with van der Waals surface area (Å²) in [7, 11) is -3.47. The molecule has 94 valence electrons. The normalized spacial score (nSPS) is 16.1. The van der Waals surface area contributed by atoms with Gasteiger partial charge in [-0.05, 0) is 49.8 Å². The van der Waals surface area contributed by atoms with E-state index in [1.165, 1.54) is 0 Å². The fourth-order valence-electron chi connectivity index (χ4n) is 1.79. The molecule has 1 aromatic carbocycles. The second kappa shape index (κ2) is 4.31. The van der Waals surface area contributed by atoms with E-state index in [0.29, 0.717) is 18.2 Å². The van der Waals surface area contributed by atoms with E-state index in [4.69, 9.17) is 5.73 Å². The number of hydrogen-bond donors (Lipinski definition) is 2. The molecule has 1 fully saturated rings. The molecule has 0 amide bonds. The molecule has 0 bridgehead atoms. The van der Waals surface area contributed by atoms with E-state index in [0.717, 1.165) is 24.0 Å². The summed E-state index contributed by atoms with van der Waals surface area (Å²) in [5.41, 5.74) is 7.76. The van der Waals surface area contributed by atoms with Gasteiger partial charge in [0.25, 0.3) is 0 Å². The second-order valence-electron chi connectivity index (χ2n) is 4.72. The maximum Gasteiger partial charge on any atom is 0.242 e. The summed E-state index contributed by atoms with van der Waals surface area (Å²) in [5, 5.41) is 0. The van der Waals surface area contributed by atoms with Crippen LogP contribution in [0, 0.1) is 19.8 Å². The van der Waals surface area contributed by atoms with Crippen LogP contribution in [0.3, 0.4) is 0 Å². The summed E-state index contributed by atoms with van der Waals surface area (Å²) < 4.78 is 27.0. The van der Waals surface area contributed by atoms with Gasteiger partial charge in [-0.15, -0.1) is 0 Å². The highest BCUT2D eigenvalue weighted by atomic mass is 32.2. The monoisotopic (exact) mass is 254 g/mol. The van der Waals surface area contributed by atoms with E-state index in [9.17, 15) is 8.42 Å². The molecule has 1 saturated carbocycles. The smallest absolute Gasteiger partial charge is 0.242 e. The molecule has 3 N–H and O–H groups in total. The number of nitrogens with one attached hydrogen (secondary N) is 1. The van der Waals surface area contributed by atoms with Crippen LogP contribution in [-0.2, 0) is 10.0 Å². The van der Waals surface area contributed by atoms with Gasteiger partial charge in [-0.1, -0.05) is 6.07 Å². The first-order valence-corrected chi connectivity index (χ1v) is 7.25. The highest BCUT2D eigenvalue weighted by molar-refractivity contribution is 7.89. The van der Waals surface area contributed by atoms with E-state index in [2.05, 4.69) is 4.72 Å². The van der Waals surface area contributed by atoms with Crippen molar-refractivity contribution in [3.05, 3.63) is 23.3 Å². The number of rotatable bonds is 4. The number of nitrogen functional groups attached to an aromatic ring is 1. The van der Waals surface area contributed by atoms with E-state index in [1.54, 1.807) is 13.0 Å². The van der Waals surface area contributed by atoms with Crippen LogP contribution in [0.15, 0.2) is 17.0 Å². The molecule has 0 unspecified atom stereocenters. The average Bonchev–Trinajstić information content (AvgIpc) is 3.05. The van der Waals surface area contributed by atoms with Gasteiger partial charge in [0.15, 0.2) is 0 Å². The van der Waals surface area contributed by atoms with Crippen molar-refractivity contribution in [2.75, 3.05) is 12.3 Å². The molecular formula is C12H18N2O2S. The molecule has 5 heteroatoms. The zero-order chi connectivity index (χ0) is 12.6. The van der Waals surface area contributed by atoms with Gasteiger partial charge in [-0.2, -0.15) is 0 Å². The number of aryl methyl sites for hydroxylation is 1. The van der Waals surface area contributed by atoms with Crippen molar-refractivity contribution >= 4 is 15.7 Å². The predicted molar refractivity (Wildman–Crippen MR) is 68.2 cm³/mol. The molecule has 0 aliphatic heterocycles. The SMILES string of the molecule is Cc1ccc(N)c(S(=O)(=O)NCC2CC2)c1C. The van der Waals surface area contributed by atoms with Crippen molar-refractivity contribution in [3.63, 3.8) is 0 Å². The summed E-state index contributed by atoms with van der Waals surface area (Å²) >= 11 is 0. The summed E-state index contributed by atoms with van der Waals surface area (Å²) in [6.45, 7) is 4.20. The molecular weight excluding hydrogens is 236 g/mol. The zero-order valence-corrected chi connectivity index (χ0v) is 11.0. The summed E-state index contributed by atoms with van der Waals surface area (Å²) in [6.07, 6.45) is 2.23. The molecule has 0 atom stereocenters. The van der Waals surface area contributed by atoms with E-state index in [-0.39, 0.29) is 4.90 Å². The molecule has 1 aliphatic carbocycles. The summed E-state index contributed by atoms with van der Waals surface area (Å²) in [6, 6.07) is 3.48. The fourth-order valence-corrected chi connectivity index (χ4v) is 3.33. The Morgan fingerprint density at radius 3 is 2.59 bits per heavy atom. The fraction of sp³-hybridized carbons (Fsp3) is 0.500. The maximum absolute atomic E-state index is 12.2. The maximum atomic E-state index is 12.2. The highest BCUT2D eigenvalue weighted by Gasteiger charge is 2.26. The first-order valence-electron chi connectivity index (χ1n) is 5.77. The molecule has 17 heavy (non-hydrogen) atoms. The molecule has 0 radical (unpaired) electrons. The third kappa shape index (κ3) is 2.61. The van der Waals surface area contributed by atoms with Gasteiger partial charge in [0.05, 0.1) is 5.69 Å². The lowest BCUT2D eigenvalue weighted by atomic mass is 10.1. The van der Waals surface area contributed by atoms with Crippen LogP contribution >= 0.6 is 0 Å². The topological polar surface area (TPSA) is 72.2 Å². The minimum Gasteiger partial charge on any atom is -0.398 e. The highest BCUT2D eigenvalue weighted by Crippen LogP contribution is 2.29. The van der Waals surface area contributed by atoms with Crippen molar-refractivity contribution in [2.45, 2.75) is 31.6 Å². The first kappa shape index (κ1) is 12.4. The van der Waals surface area contributed by atoms with Crippen LogP contribution in [0.5, 0.6) is 0 Å². The standard InChI is InChI=1S/C12H18N2O2S/c1-8-3-6-11(13)12(9(8)2)17(15,16)14-7-10-4-5-10/h3,6,10,14H,4-5,7,13H2,1-2H3. The zero-order valence-electron chi connectivity index (χ0n) is 10.2. The summed E-state index contributed by atoms with van der Waals surface area (Å²) in [4.78, 5) is 0.234. The number of anilines is 1. The Bertz CT molecular complexity index is 534. The molecule has 0 spiro atoms. The van der Waals surface area contributed by atoms with Gasteiger partial charge in [-0.3, -0.25) is 0 Å². The van der Waals surface area contributed by atoms with Crippen molar-refractivity contribution < 1.29 is 8.42 Å². The van der Waals surface area contributed by atoms with Crippen LogP contribution in [0.1, 0.15) is 24.0 Å². The Balaban J connectivity index is 2.33. The molecule has 2 rings (SSSR count). The number of benzene rings is 1. The van der Waals surface area contributed by atoms with Crippen molar-refractivity contribution in [3.8, 4) is 0 Å². The van der Waals surface area contributed by atoms with E-state index in [1.807, 2.05) is 13.0 Å². The molecule has 1 aromatic rings. The quantitative estimate of drug-likeness (QED) is 0.801. The second-order valence-corrected chi connectivity index (χ2v) is 6.42. The van der Waals surface area contributed by atoms with Gasteiger partial charge in [0, 0.05) is 6.54 Å². The Morgan fingerprint density at radius 2 is 2.00 bits per heavy atom. The number of hydrogen-bond acceptors (Lipinski definition) is 3. The number of nitrogens with two attached hydrogens (primary N) is 1. The Morgan fingerprint density at radius 1 is 1.35 bits per heavy atom. The molecule has 0 heterocycles. The van der Waals surface area contributed by atoms with Crippen LogP contribution in [0.25, 0.3) is 0 Å².